The zero-order chi connectivity index (χ0) is 21.3. The molecule has 2 aromatic carbocycles. The van der Waals surface area contributed by atoms with E-state index in [4.69, 9.17) is 4.74 Å². The number of rotatable bonds is 11. The smallest absolute Gasteiger partial charge is 0.0753 e. The largest absolute Gasteiger partial charge is 0.374 e. The molecule has 0 saturated carbocycles. The second kappa shape index (κ2) is 11.1. The quantitative estimate of drug-likeness (QED) is 0.340. The van der Waals surface area contributed by atoms with E-state index in [9.17, 15) is 0 Å². The number of unbranched alkanes of at least 4 members (excludes halogenated alkanes) is 7. The Morgan fingerprint density at radius 3 is 1.97 bits per heavy atom. The Morgan fingerprint density at radius 2 is 1.33 bits per heavy atom. The fourth-order valence-electron chi connectivity index (χ4n) is 5.61. The van der Waals surface area contributed by atoms with Crippen LogP contribution in [0.1, 0.15) is 102 Å². The van der Waals surface area contributed by atoms with Gasteiger partial charge in [0, 0.05) is 12.0 Å². The molecule has 0 radical (unpaired) electrons. The zero-order valence-electron chi connectivity index (χ0n) is 19.5. The minimum atomic E-state index is -0.144. The molecule has 3 unspecified atom stereocenters. The summed E-state index contributed by atoms with van der Waals surface area (Å²) in [5, 5.41) is 0. The number of hydrogen-bond acceptors (Lipinski definition) is 1. The number of ether oxygens (including phenoxy) is 1. The average Bonchev–Trinajstić information content (AvgIpc) is 2.79. The van der Waals surface area contributed by atoms with Crippen LogP contribution >= 0.6 is 0 Å². The molecule has 1 saturated heterocycles. The van der Waals surface area contributed by atoms with Crippen LogP contribution < -0.4 is 0 Å². The van der Waals surface area contributed by atoms with Crippen LogP contribution in [0.3, 0.4) is 0 Å². The first-order valence-corrected chi connectivity index (χ1v) is 12.4. The lowest BCUT2D eigenvalue weighted by molar-refractivity contribution is -0.134. The summed E-state index contributed by atoms with van der Waals surface area (Å²) in [5.41, 5.74) is 2.69. The average molecular weight is 407 g/mol. The Hall–Kier alpha value is -1.60. The maximum Gasteiger partial charge on any atom is 0.0753 e. The van der Waals surface area contributed by atoms with Crippen LogP contribution in [0.15, 0.2) is 60.7 Å². The lowest BCUT2D eigenvalue weighted by atomic mass is 9.56. The molecule has 0 amide bonds. The van der Waals surface area contributed by atoms with Crippen LogP contribution in [0, 0.1) is 0 Å². The van der Waals surface area contributed by atoms with E-state index in [0.29, 0.717) is 5.92 Å². The van der Waals surface area contributed by atoms with Gasteiger partial charge in [-0.25, -0.2) is 0 Å². The molecule has 1 aliphatic rings. The van der Waals surface area contributed by atoms with Crippen molar-refractivity contribution in [3.63, 3.8) is 0 Å². The molecule has 30 heavy (non-hydrogen) atoms. The topological polar surface area (TPSA) is 9.23 Å². The molecule has 0 spiro atoms. The molecule has 2 aromatic rings. The fraction of sp³-hybridized carbons (Fsp3) is 0.586. The Kier molecular flexibility index (Phi) is 8.57. The van der Waals surface area contributed by atoms with Crippen molar-refractivity contribution < 1.29 is 4.74 Å². The van der Waals surface area contributed by atoms with Gasteiger partial charge in [0.2, 0.25) is 0 Å². The third-order valence-electron chi connectivity index (χ3n) is 7.71. The summed E-state index contributed by atoms with van der Waals surface area (Å²) in [6.45, 7) is 7.99. The van der Waals surface area contributed by atoms with Crippen molar-refractivity contribution >= 4 is 0 Å². The van der Waals surface area contributed by atoms with Crippen molar-refractivity contribution in [3.8, 4) is 0 Å². The van der Waals surface area contributed by atoms with Gasteiger partial charge in [0.15, 0.2) is 0 Å². The molecule has 1 nitrogen and oxygen atoms in total. The SMILES string of the molecule is CCCCCCCCCCC1(C)OCCC(c2ccccc2)C1(C)c1ccccc1. The summed E-state index contributed by atoms with van der Waals surface area (Å²) in [5.74, 6) is 0.480. The monoisotopic (exact) mass is 406 g/mol. The fourth-order valence-corrected chi connectivity index (χ4v) is 5.61. The van der Waals surface area contributed by atoms with Gasteiger partial charge in [-0.1, -0.05) is 126 Å². The number of hydrogen-bond donors (Lipinski definition) is 0. The van der Waals surface area contributed by atoms with Gasteiger partial charge in [0.1, 0.15) is 0 Å². The van der Waals surface area contributed by atoms with E-state index < -0.39 is 0 Å². The Balaban J connectivity index is 1.74. The van der Waals surface area contributed by atoms with Crippen molar-refractivity contribution in [2.45, 2.75) is 102 Å². The molecule has 0 aromatic heterocycles. The molecule has 164 valence electrons. The highest BCUT2D eigenvalue weighted by atomic mass is 16.5. The van der Waals surface area contributed by atoms with Crippen LogP contribution in [-0.4, -0.2) is 12.2 Å². The van der Waals surface area contributed by atoms with Gasteiger partial charge < -0.3 is 4.74 Å². The Morgan fingerprint density at radius 1 is 0.767 bits per heavy atom. The first-order chi connectivity index (χ1) is 14.6. The first kappa shape index (κ1) is 23.1. The van der Waals surface area contributed by atoms with Crippen LogP contribution in [0.25, 0.3) is 0 Å². The summed E-state index contributed by atoms with van der Waals surface area (Å²) in [6.07, 6.45) is 13.1. The van der Waals surface area contributed by atoms with Gasteiger partial charge in [0.05, 0.1) is 5.60 Å². The second-order valence-corrected chi connectivity index (χ2v) is 9.62. The van der Waals surface area contributed by atoms with Gasteiger partial charge in [0.25, 0.3) is 0 Å². The molecule has 1 heterocycles. The van der Waals surface area contributed by atoms with Gasteiger partial charge in [-0.15, -0.1) is 0 Å². The van der Waals surface area contributed by atoms with Crippen molar-refractivity contribution in [1.29, 1.82) is 0 Å². The highest BCUT2D eigenvalue weighted by molar-refractivity contribution is 5.37. The van der Waals surface area contributed by atoms with Crippen LogP contribution in [0.2, 0.25) is 0 Å². The maximum absolute atomic E-state index is 6.65. The van der Waals surface area contributed by atoms with E-state index in [-0.39, 0.29) is 11.0 Å². The van der Waals surface area contributed by atoms with Crippen LogP contribution in [0.5, 0.6) is 0 Å². The van der Waals surface area contributed by atoms with Crippen molar-refractivity contribution in [2.75, 3.05) is 6.61 Å². The van der Waals surface area contributed by atoms with E-state index in [1.807, 2.05) is 0 Å². The number of benzene rings is 2. The summed E-state index contributed by atoms with van der Waals surface area (Å²) in [7, 11) is 0. The minimum Gasteiger partial charge on any atom is -0.374 e. The molecule has 1 heteroatoms. The van der Waals surface area contributed by atoms with Crippen LogP contribution in [0.4, 0.5) is 0 Å². The highest BCUT2D eigenvalue weighted by Crippen LogP contribution is 2.54. The lowest BCUT2D eigenvalue weighted by Gasteiger charge is -2.55. The van der Waals surface area contributed by atoms with E-state index in [1.54, 1.807) is 0 Å². The summed E-state index contributed by atoms with van der Waals surface area (Å²) >= 11 is 0. The normalized spacial score (nSPS) is 26.6. The third-order valence-corrected chi connectivity index (χ3v) is 7.71. The second-order valence-electron chi connectivity index (χ2n) is 9.62. The van der Waals surface area contributed by atoms with Gasteiger partial charge >= 0.3 is 0 Å². The van der Waals surface area contributed by atoms with E-state index in [0.717, 1.165) is 19.4 Å². The predicted molar refractivity (Wildman–Crippen MR) is 129 cm³/mol. The lowest BCUT2D eigenvalue weighted by Crippen LogP contribution is -2.56. The molecule has 3 rings (SSSR count). The summed E-state index contributed by atoms with van der Waals surface area (Å²) in [4.78, 5) is 0. The van der Waals surface area contributed by atoms with Crippen molar-refractivity contribution in [1.82, 2.24) is 0 Å². The molecule has 3 atom stereocenters. The third kappa shape index (κ3) is 5.17. The minimum absolute atomic E-state index is 0.0327. The molecule has 1 fully saturated rings. The molecule has 0 aliphatic carbocycles. The molecular weight excluding hydrogens is 364 g/mol. The first-order valence-electron chi connectivity index (χ1n) is 12.4. The molecule has 1 aliphatic heterocycles. The van der Waals surface area contributed by atoms with Gasteiger partial charge in [-0.3, -0.25) is 0 Å². The summed E-state index contributed by atoms with van der Waals surface area (Å²) < 4.78 is 6.65. The van der Waals surface area contributed by atoms with E-state index in [1.165, 1.54) is 62.5 Å². The van der Waals surface area contributed by atoms with Gasteiger partial charge in [-0.2, -0.15) is 0 Å². The molecular formula is C29H42O. The van der Waals surface area contributed by atoms with E-state index >= 15 is 0 Å². The highest BCUT2D eigenvalue weighted by Gasteiger charge is 2.53. The molecule has 0 bridgehead atoms. The van der Waals surface area contributed by atoms with Crippen LogP contribution in [-0.2, 0) is 10.2 Å². The van der Waals surface area contributed by atoms with E-state index in [2.05, 4.69) is 81.4 Å². The Labute approximate surface area is 185 Å². The van der Waals surface area contributed by atoms with Crippen molar-refractivity contribution in [2.24, 2.45) is 0 Å². The zero-order valence-corrected chi connectivity index (χ0v) is 19.5. The maximum atomic E-state index is 6.65. The molecule has 0 N–H and O–H groups in total. The van der Waals surface area contributed by atoms with Crippen molar-refractivity contribution in [3.05, 3.63) is 71.8 Å². The predicted octanol–water partition coefficient (Wildman–Crippen LogP) is 8.44. The standard InChI is InChI=1S/C29H42O/c1-4-5-6-7-8-9-10-17-23-28(2)29(3,26-20-15-12-16-21-26)27(22-24-30-28)25-18-13-11-14-19-25/h11-16,18-21,27H,4-10,17,22-24H2,1-3H3. The Bertz CT molecular complexity index is 725. The van der Waals surface area contributed by atoms with Gasteiger partial charge in [-0.05, 0) is 36.8 Å². The summed E-state index contributed by atoms with van der Waals surface area (Å²) in [6, 6.07) is 22.3.